The molecule has 0 fully saturated rings. The van der Waals surface area contributed by atoms with Crippen molar-refractivity contribution in [3.8, 4) is 0 Å². The molecular formula is C24H35NO6S. The fourth-order valence-electron chi connectivity index (χ4n) is 4.36. The van der Waals surface area contributed by atoms with Gasteiger partial charge in [-0.25, -0.2) is 13.2 Å². The second-order valence-electron chi connectivity index (χ2n) is 9.11. The molecule has 32 heavy (non-hydrogen) atoms. The molecule has 0 bridgehead atoms. The van der Waals surface area contributed by atoms with Crippen molar-refractivity contribution in [2.45, 2.75) is 32.7 Å². The van der Waals surface area contributed by atoms with E-state index in [0.717, 1.165) is 17.6 Å². The molecule has 7 nitrogen and oxygen atoms in total. The number of carbonyl (C=O) groups excluding carboxylic acids is 1. The van der Waals surface area contributed by atoms with Crippen LogP contribution in [-0.2, 0) is 24.2 Å². The average Bonchev–Trinajstić information content (AvgIpc) is 2.75. The van der Waals surface area contributed by atoms with Gasteiger partial charge in [0, 0.05) is 13.3 Å². The molecule has 2 aliphatic carbocycles. The molecular weight excluding hydrogens is 430 g/mol. The van der Waals surface area contributed by atoms with Crippen LogP contribution in [0.3, 0.4) is 0 Å². The SMILES string of the molecule is CC1/C=C\C=C/CC2(C)C=CC=CC2C1COCC(=O)N(C)[C@@H](CCS(C)(=O)=O)C(=O)O. The summed E-state index contributed by atoms with van der Waals surface area (Å²) < 4.78 is 28.6. The predicted molar refractivity (Wildman–Crippen MR) is 125 cm³/mol. The van der Waals surface area contributed by atoms with E-state index < -0.39 is 27.8 Å². The number of allylic oxidation sites excluding steroid dienone is 8. The number of hydrogen-bond acceptors (Lipinski definition) is 5. The highest BCUT2D eigenvalue weighted by atomic mass is 32.2. The van der Waals surface area contributed by atoms with Gasteiger partial charge >= 0.3 is 5.97 Å². The van der Waals surface area contributed by atoms with Crippen molar-refractivity contribution in [1.29, 1.82) is 0 Å². The Kier molecular flexibility index (Phi) is 9.04. The van der Waals surface area contributed by atoms with Crippen molar-refractivity contribution in [3.63, 3.8) is 0 Å². The first-order valence-corrected chi connectivity index (χ1v) is 12.9. The van der Waals surface area contributed by atoms with Crippen LogP contribution in [0.4, 0.5) is 0 Å². The number of carboxylic acid groups (broad SMARTS) is 1. The summed E-state index contributed by atoms with van der Waals surface area (Å²) >= 11 is 0. The van der Waals surface area contributed by atoms with E-state index in [1.54, 1.807) is 0 Å². The standard InChI is InChI=1S/C24H35NO6S/c1-18-10-6-5-8-13-24(2)14-9-7-11-20(24)19(18)16-31-17-22(26)25(3)21(23(27)28)12-15-32(4,29)30/h5-11,14,18-21H,12-13,15-17H2,1-4H3,(H,27,28)/b8-5-,10-6-/t18?,19?,20?,21-,24?/m0/s1. The van der Waals surface area contributed by atoms with Crippen LogP contribution < -0.4 is 0 Å². The van der Waals surface area contributed by atoms with Crippen LogP contribution in [0.5, 0.6) is 0 Å². The Bertz CT molecular complexity index is 903. The topological polar surface area (TPSA) is 101 Å². The molecule has 4 unspecified atom stereocenters. The maximum absolute atomic E-state index is 12.6. The zero-order chi connectivity index (χ0) is 23.9. The summed E-state index contributed by atoms with van der Waals surface area (Å²) in [5, 5.41) is 9.44. The lowest BCUT2D eigenvalue weighted by Gasteiger charge is -2.41. The van der Waals surface area contributed by atoms with E-state index in [1.807, 2.05) is 6.08 Å². The molecule has 0 aromatic rings. The minimum Gasteiger partial charge on any atom is -0.480 e. The van der Waals surface area contributed by atoms with Crippen LogP contribution >= 0.6 is 0 Å². The van der Waals surface area contributed by atoms with Crippen LogP contribution in [0, 0.1) is 23.2 Å². The van der Waals surface area contributed by atoms with Gasteiger partial charge in [-0.15, -0.1) is 0 Å². The fourth-order valence-corrected chi connectivity index (χ4v) is 5.01. The molecule has 8 heteroatoms. The Balaban J connectivity index is 2.04. The average molecular weight is 466 g/mol. The summed E-state index contributed by atoms with van der Waals surface area (Å²) in [5.74, 6) is -1.45. The van der Waals surface area contributed by atoms with Gasteiger partial charge in [0.1, 0.15) is 22.5 Å². The van der Waals surface area contributed by atoms with E-state index >= 15 is 0 Å². The van der Waals surface area contributed by atoms with E-state index in [-0.39, 0.29) is 41.9 Å². The molecule has 0 aromatic heterocycles. The zero-order valence-corrected chi connectivity index (χ0v) is 20.1. The molecule has 1 amide bonds. The van der Waals surface area contributed by atoms with Crippen molar-refractivity contribution < 1.29 is 27.9 Å². The molecule has 2 rings (SSSR count). The van der Waals surface area contributed by atoms with E-state index in [2.05, 4.69) is 56.4 Å². The van der Waals surface area contributed by atoms with E-state index in [9.17, 15) is 23.1 Å². The Morgan fingerprint density at radius 1 is 1.22 bits per heavy atom. The first-order valence-electron chi connectivity index (χ1n) is 10.9. The first-order chi connectivity index (χ1) is 14.9. The molecule has 0 aromatic carbocycles. The molecule has 2 aliphatic rings. The van der Waals surface area contributed by atoms with Gasteiger partial charge in [-0.05, 0) is 36.0 Å². The number of amides is 1. The number of aliphatic carboxylic acids is 1. The minimum absolute atomic E-state index is 0.0552. The van der Waals surface area contributed by atoms with Crippen molar-refractivity contribution >= 4 is 21.7 Å². The van der Waals surface area contributed by atoms with Crippen LogP contribution in [-0.4, -0.2) is 68.6 Å². The lowest BCUT2D eigenvalue weighted by atomic mass is 9.64. The number of hydrogen-bond donors (Lipinski definition) is 1. The summed E-state index contributed by atoms with van der Waals surface area (Å²) in [4.78, 5) is 25.2. The highest BCUT2D eigenvalue weighted by molar-refractivity contribution is 7.90. The highest BCUT2D eigenvalue weighted by Crippen LogP contribution is 2.44. The monoisotopic (exact) mass is 465 g/mol. The summed E-state index contributed by atoms with van der Waals surface area (Å²) in [6.45, 7) is 4.46. The summed E-state index contributed by atoms with van der Waals surface area (Å²) in [5.41, 5.74) is -0.0552. The molecule has 0 heterocycles. The number of carboxylic acids is 1. The number of ether oxygens (including phenoxy) is 1. The van der Waals surface area contributed by atoms with Gasteiger partial charge in [-0.3, -0.25) is 4.79 Å². The Hall–Kier alpha value is -2.19. The number of carbonyl (C=O) groups is 2. The number of rotatable bonds is 9. The Labute approximate surface area is 191 Å². The zero-order valence-electron chi connectivity index (χ0n) is 19.3. The summed E-state index contributed by atoms with van der Waals surface area (Å²) in [7, 11) is -1.96. The minimum atomic E-state index is -3.33. The third-order valence-electron chi connectivity index (χ3n) is 6.47. The third kappa shape index (κ3) is 7.17. The smallest absolute Gasteiger partial charge is 0.326 e. The van der Waals surface area contributed by atoms with E-state index in [0.29, 0.717) is 6.61 Å². The van der Waals surface area contributed by atoms with E-state index in [1.165, 1.54) is 7.05 Å². The fraction of sp³-hybridized carbons (Fsp3) is 0.583. The molecule has 178 valence electrons. The molecule has 0 spiro atoms. The maximum Gasteiger partial charge on any atom is 0.326 e. The molecule has 0 radical (unpaired) electrons. The third-order valence-corrected chi connectivity index (χ3v) is 7.45. The van der Waals surface area contributed by atoms with E-state index in [4.69, 9.17) is 4.74 Å². The van der Waals surface area contributed by atoms with Crippen LogP contribution in [0.1, 0.15) is 26.7 Å². The summed E-state index contributed by atoms with van der Waals surface area (Å²) in [6, 6.07) is -1.21. The quantitative estimate of drug-likeness (QED) is 0.562. The maximum atomic E-state index is 12.6. The number of fused-ring (bicyclic) bond motifs is 1. The van der Waals surface area contributed by atoms with Gasteiger partial charge in [-0.1, -0.05) is 62.5 Å². The molecule has 5 atom stereocenters. The van der Waals surface area contributed by atoms with Crippen molar-refractivity contribution in [3.05, 3.63) is 48.6 Å². The van der Waals surface area contributed by atoms with Gasteiger partial charge in [-0.2, -0.15) is 0 Å². The Morgan fingerprint density at radius 3 is 2.56 bits per heavy atom. The first kappa shape index (κ1) is 26.1. The lowest BCUT2D eigenvalue weighted by molar-refractivity contribution is -0.151. The van der Waals surface area contributed by atoms with Crippen molar-refractivity contribution in [2.24, 2.45) is 23.2 Å². The number of likely N-dealkylation sites (N-methyl/N-ethyl adjacent to an activating group) is 1. The van der Waals surface area contributed by atoms with Gasteiger partial charge in [0.2, 0.25) is 5.91 Å². The number of sulfone groups is 1. The molecule has 0 saturated carbocycles. The molecule has 0 saturated heterocycles. The van der Waals surface area contributed by atoms with Crippen molar-refractivity contribution in [2.75, 3.05) is 32.3 Å². The lowest BCUT2D eigenvalue weighted by Crippen LogP contribution is -2.45. The van der Waals surface area contributed by atoms with Crippen molar-refractivity contribution in [1.82, 2.24) is 4.90 Å². The van der Waals surface area contributed by atoms with Gasteiger partial charge < -0.3 is 14.7 Å². The largest absolute Gasteiger partial charge is 0.480 e. The Morgan fingerprint density at radius 2 is 1.91 bits per heavy atom. The normalized spacial score (nSPS) is 30.3. The molecule has 1 N–H and O–H groups in total. The second-order valence-corrected chi connectivity index (χ2v) is 11.4. The van der Waals surface area contributed by atoms with Gasteiger partial charge in [0.05, 0.1) is 12.4 Å². The molecule has 0 aliphatic heterocycles. The van der Waals surface area contributed by atoms with Crippen LogP contribution in [0.2, 0.25) is 0 Å². The van der Waals surface area contributed by atoms with Gasteiger partial charge in [0.15, 0.2) is 0 Å². The second kappa shape index (κ2) is 11.1. The van der Waals surface area contributed by atoms with Crippen LogP contribution in [0.15, 0.2) is 48.6 Å². The highest BCUT2D eigenvalue weighted by Gasteiger charge is 2.38. The van der Waals surface area contributed by atoms with Gasteiger partial charge in [0.25, 0.3) is 0 Å². The summed E-state index contributed by atoms with van der Waals surface area (Å²) in [6.07, 6.45) is 18.8. The van der Waals surface area contributed by atoms with Crippen LogP contribution in [0.25, 0.3) is 0 Å². The number of nitrogens with zero attached hydrogens (tertiary/aromatic N) is 1. The predicted octanol–water partition coefficient (Wildman–Crippen LogP) is 2.87.